The molecule has 0 amide bonds. The average Bonchev–Trinajstić information content (AvgIpc) is 2.54. The predicted octanol–water partition coefficient (Wildman–Crippen LogP) is 4.01. The molecule has 4 nitrogen and oxygen atoms in total. The van der Waals surface area contributed by atoms with Crippen molar-refractivity contribution >= 4 is 23.4 Å². The van der Waals surface area contributed by atoms with Crippen molar-refractivity contribution in [2.24, 2.45) is 0 Å². The summed E-state index contributed by atoms with van der Waals surface area (Å²) in [4.78, 5) is 28.1. The molecule has 0 aliphatic heterocycles. The first-order chi connectivity index (χ1) is 10.8. The highest BCUT2D eigenvalue weighted by molar-refractivity contribution is 6.29. The van der Waals surface area contributed by atoms with Crippen LogP contribution in [0.1, 0.15) is 43.0 Å². The van der Waals surface area contributed by atoms with Crippen molar-refractivity contribution in [3.05, 3.63) is 62.9 Å². The Morgan fingerprint density at radius 3 is 2.39 bits per heavy atom. The van der Waals surface area contributed by atoms with Gasteiger partial charge in [0.05, 0.1) is 5.56 Å². The Kier molecular flexibility index (Phi) is 5.16. The minimum absolute atomic E-state index is 0.219. The number of pyridine rings is 1. The van der Waals surface area contributed by atoms with E-state index in [1.807, 2.05) is 33.8 Å². The number of ether oxygens (including phenoxy) is 1. The summed E-state index contributed by atoms with van der Waals surface area (Å²) in [5.41, 5.74) is 5.07. The molecule has 0 radical (unpaired) electrons. The van der Waals surface area contributed by atoms with Gasteiger partial charge in [-0.2, -0.15) is 0 Å². The van der Waals surface area contributed by atoms with Crippen molar-refractivity contribution in [1.82, 2.24) is 4.98 Å². The lowest BCUT2D eigenvalue weighted by Crippen LogP contribution is -2.16. The summed E-state index contributed by atoms with van der Waals surface area (Å²) >= 11 is 5.67. The largest absolute Gasteiger partial charge is 0.454 e. The second-order valence-corrected chi connectivity index (χ2v) is 5.87. The number of ketones is 1. The van der Waals surface area contributed by atoms with Gasteiger partial charge in [0.25, 0.3) is 0 Å². The Balaban J connectivity index is 2.11. The lowest BCUT2D eigenvalue weighted by Gasteiger charge is -2.13. The topological polar surface area (TPSA) is 56.3 Å². The Hall–Kier alpha value is -2.20. The molecule has 0 N–H and O–H groups in total. The minimum atomic E-state index is -0.597. The maximum Gasteiger partial charge on any atom is 0.340 e. The number of rotatable bonds is 4. The van der Waals surface area contributed by atoms with Crippen molar-refractivity contribution < 1.29 is 14.3 Å². The van der Waals surface area contributed by atoms with Gasteiger partial charge < -0.3 is 4.74 Å². The zero-order chi connectivity index (χ0) is 17.1. The van der Waals surface area contributed by atoms with Crippen molar-refractivity contribution in [3.8, 4) is 0 Å². The van der Waals surface area contributed by atoms with Crippen LogP contribution in [0.3, 0.4) is 0 Å². The molecule has 120 valence electrons. The molecule has 5 heteroatoms. The number of hydrogen-bond acceptors (Lipinski definition) is 4. The average molecular weight is 332 g/mol. The quantitative estimate of drug-likeness (QED) is 0.482. The number of benzene rings is 1. The van der Waals surface area contributed by atoms with Crippen LogP contribution in [0.2, 0.25) is 5.15 Å². The molecule has 23 heavy (non-hydrogen) atoms. The van der Waals surface area contributed by atoms with Gasteiger partial charge >= 0.3 is 5.97 Å². The number of halogens is 1. The predicted molar refractivity (Wildman–Crippen MR) is 89.3 cm³/mol. The van der Waals surface area contributed by atoms with Gasteiger partial charge in [0.2, 0.25) is 5.78 Å². The smallest absolute Gasteiger partial charge is 0.340 e. The minimum Gasteiger partial charge on any atom is -0.454 e. The highest BCUT2D eigenvalue weighted by Gasteiger charge is 2.16. The molecule has 1 aromatic heterocycles. The number of carbonyl (C=O) groups is 2. The molecule has 0 saturated heterocycles. The van der Waals surface area contributed by atoms with Gasteiger partial charge in [-0.1, -0.05) is 11.6 Å². The van der Waals surface area contributed by atoms with E-state index in [-0.39, 0.29) is 18.0 Å². The highest BCUT2D eigenvalue weighted by Crippen LogP contribution is 2.21. The van der Waals surface area contributed by atoms with E-state index in [4.69, 9.17) is 16.3 Å². The Morgan fingerprint density at radius 2 is 1.78 bits per heavy atom. The molecular formula is C18H18ClNO3. The molecule has 0 atom stereocenters. The van der Waals surface area contributed by atoms with Crippen molar-refractivity contribution in [2.45, 2.75) is 27.7 Å². The van der Waals surface area contributed by atoms with Crippen molar-refractivity contribution in [1.29, 1.82) is 0 Å². The van der Waals surface area contributed by atoms with E-state index in [1.54, 1.807) is 0 Å². The third-order valence-corrected chi connectivity index (χ3v) is 4.30. The zero-order valence-corrected chi connectivity index (χ0v) is 14.3. The second kappa shape index (κ2) is 6.92. The van der Waals surface area contributed by atoms with E-state index in [0.717, 1.165) is 16.7 Å². The fourth-order valence-electron chi connectivity index (χ4n) is 2.29. The number of aryl methyl sites for hydroxylation is 1. The Labute approximate surface area is 140 Å². The normalized spacial score (nSPS) is 10.5. The number of nitrogens with zero attached hydrogens (tertiary/aromatic N) is 1. The van der Waals surface area contributed by atoms with Crippen LogP contribution in [0.4, 0.5) is 0 Å². The molecule has 0 aliphatic carbocycles. The van der Waals surface area contributed by atoms with Gasteiger partial charge in [-0.25, -0.2) is 9.78 Å². The van der Waals surface area contributed by atoms with Gasteiger partial charge in [0.1, 0.15) is 5.15 Å². The first-order valence-electron chi connectivity index (χ1n) is 7.20. The van der Waals surface area contributed by atoms with Crippen LogP contribution in [0, 0.1) is 27.7 Å². The van der Waals surface area contributed by atoms with Gasteiger partial charge in [-0.05, 0) is 68.1 Å². The molecule has 2 aromatic rings. The van der Waals surface area contributed by atoms with Gasteiger partial charge in [0, 0.05) is 11.8 Å². The summed E-state index contributed by atoms with van der Waals surface area (Å²) < 4.78 is 5.08. The van der Waals surface area contributed by atoms with E-state index < -0.39 is 5.97 Å². The number of carbonyl (C=O) groups excluding carboxylic acids is 2. The zero-order valence-electron chi connectivity index (χ0n) is 13.6. The first-order valence-corrected chi connectivity index (χ1v) is 7.58. The SMILES string of the molecule is Cc1cc(C(=O)COC(=O)c2ccc(Cl)nc2)c(C)c(C)c1C. The molecule has 0 unspecified atom stereocenters. The van der Waals surface area contributed by atoms with Crippen LogP contribution in [0.15, 0.2) is 24.4 Å². The monoisotopic (exact) mass is 331 g/mol. The number of Topliss-reactive ketones (excluding diaryl/α,β-unsaturated/α-hetero) is 1. The fourth-order valence-corrected chi connectivity index (χ4v) is 2.40. The Bertz CT molecular complexity index is 767. The molecule has 0 spiro atoms. The summed E-state index contributed by atoms with van der Waals surface area (Å²) in [6.45, 7) is 7.58. The molecule has 0 aliphatic rings. The summed E-state index contributed by atoms with van der Waals surface area (Å²) in [6.07, 6.45) is 1.32. The van der Waals surface area contributed by atoms with Crippen LogP contribution in [-0.2, 0) is 4.74 Å². The van der Waals surface area contributed by atoms with E-state index in [9.17, 15) is 9.59 Å². The van der Waals surface area contributed by atoms with Gasteiger partial charge in [-0.15, -0.1) is 0 Å². The van der Waals surface area contributed by atoms with Crippen LogP contribution < -0.4 is 0 Å². The summed E-state index contributed by atoms with van der Waals surface area (Å²) in [5, 5.41) is 0.291. The lowest BCUT2D eigenvalue weighted by atomic mass is 9.93. The molecule has 1 aromatic carbocycles. The summed E-state index contributed by atoms with van der Waals surface area (Å²) in [6, 6.07) is 4.85. The van der Waals surface area contributed by atoms with Gasteiger partial charge in [-0.3, -0.25) is 4.79 Å². The molecule has 2 rings (SSSR count). The van der Waals surface area contributed by atoms with Crippen LogP contribution in [0.25, 0.3) is 0 Å². The number of hydrogen-bond donors (Lipinski definition) is 0. The first kappa shape index (κ1) is 17.2. The van der Waals surface area contributed by atoms with E-state index in [0.29, 0.717) is 10.7 Å². The highest BCUT2D eigenvalue weighted by atomic mass is 35.5. The third kappa shape index (κ3) is 3.77. The maximum absolute atomic E-state index is 12.4. The maximum atomic E-state index is 12.4. The van der Waals surface area contributed by atoms with Gasteiger partial charge in [0.15, 0.2) is 6.61 Å². The van der Waals surface area contributed by atoms with Crippen LogP contribution >= 0.6 is 11.6 Å². The number of aromatic nitrogens is 1. The van der Waals surface area contributed by atoms with Crippen LogP contribution in [0.5, 0.6) is 0 Å². The molecule has 0 saturated carbocycles. The Morgan fingerprint density at radius 1 is 1.09 bits per heavy atom. The molecule has 0 bridgehead atoms. The standard InChI is InChI=1S/C18H18ClNO3/c1-10-7-15(13(4)12(3)11(10)2)16(21)9-23-18(22)14-5-6-17(19)20-8-14/h5-8H,9H2,1-4H3. The molecule has 0 fully saturated rings. The van der Waals surface area contributed by atoms with Crippen molar-refractivity contribution in [3.63, 3.8) is 0 Å². The summed E-state index contributed by atoms with van der Waals surface area (Å²) in [5.74, 6) is -0.815. The van der Waals surface area contributed by atoms with E-state index in [2.05, 4.69) is 4.98 Å². The molecular weight excluding hydrogens is 314 g/mol. The van der Waals surface area contributed by atoms with Crippen molar-refractivity contribution in [2.75, 3.05) is 6.61 Å². The molecule has 1 heterocycles. The summed E-state index contributed by atoms with van der Waals surface area (Å²) in [7, 11) is 0. The fraction of sp³-hybridized carbons (Fsp3) is 0.278. The van der Waals surface area contributed by atoms with Crippen LogP contribution in [-0.4, -0.2) is 23.3 Å². The second-order valence-electron chi connectivity index (χ2n) is 5.48. The third-order valence-electron chi connectivity index (χ3n) is 4.08. The van der Waals surface area contributed by atoms with E-state index in [1.165, 1.54) is 23.9 Å². The van der Waals surface area contributed by atoms with E-state index >= 15 is 0 Å². The lowest BCUT2D eigenvalue weighted by molar-refractivity contribution is 0.0474. The number of esters is 1.